The third kappa shape index (κ3) is 3.57. The van der Waals surface area contributed by atoms with Crippen molar-refractivity contribution >= 4 is 34.7 Å². The number of furan rings is 1. The predicted molar refractivity (Wildman–Crippen MR) is 113 cm³/mol. The molecule has 12 nitrogen and oxygen atoms in total. The molecule has 0 bridgehead atoms. The second-order valence-corrected chi connectivity index (χ2v) is 6.81. The Kier molecular flexibility index (Phi) is 5.41. The lowest BCUT2D eigenvalue weighted by Gasteiger charge is -2.28. The molecule has 0 radical (unpaired) electrons. The molecule has 1 amide bonds. The smallest absolute Gasteiger partial charge is 0.338 e. The number of esters is 1. The SMILES string of the molecule is CCOC(=O)C(C)(c1cccnc1)n1ncc2c(NNC(=O)c3ccco3)nc(N)nc21. The van der Waals surface area contributed by atoms with Gasteiger partial charge in [-0.15, -0.1) is 0 Å². The summed E-state index contributed by atoms with van der Waals surface area (Å²) in [5, 5.41) is 4.80. The molecule has 0 spiro atoms. The van der Waals surface area contributed by atoms with Crippen LogP contribution in [-0.2, 0) is 15.1 Å². The molecular formula is C20H20N8O4. The van der Waals surface area contributed by atoms with Gasteiger partial charge in [-0.2, -0.15) is 15.1 Å². The van der Waals surface area contributed by atoms with E-state index in [1.165, 1.54) is 23.2 Å². The number of aromatic nitrogens is 5. The van der Waals surface area contributed by atoms with Gasteiger partial charge in [0, 0.05) is 18.0 Å². The summed E-state index contributed by atoms with van der Waals surface area (Å²) in [4.78, 5) is 37.8. The highest BCUT2D eigenvalue weighted by atomic mass is 16.5. The van der Waals surface area contributed by atoms with Crippen LogP contribution < -0.4 is 16.6 Å². The van der Waals surface area contributed by atoms with Crippen LogP contribution in [0.25, 0.3) is 11.0 Å². The number of nitrogen functional groups attached to an aromatic ring is 1. The highest BCUT2D eigenvalue weighted by Gasteiger charge is 2.42. The molecule has 4 aromatic rings. The van der Waals surface area contributed by atoms with Crippen molar-refractivity contribution in [2.45, 2.75) is 19.4 Å². The standard InChI is InChI=1S/C20H20N8O4/c1-3-31-18(30)20(2,12-6-4-8-22-10-12)28-16-13(11-23-28)15(24-19(21)25-16)26-27-17(29)14-7-5-9-32-14/h4-11H,3H2,1-2H3,(H,27,29)(H3,21,24,25,26). The molecule has 0 fully saturated rings. The molecule has 0 aliphatic carbocycles. The average molecular weight is 436 g/mol. The summed E-state index contributed by atoms with van der Waals surface area (Å²) in [5.74, 6) is -0.851. The maximum Gasteiger partial charge on any atom is 0.338 e. The molecule has 4 rings (SSSR count). The van der Waals surface area contributed by atoms with Crippen LogP contribution in [0.5, 0.6) is 0 Å². The lowest BCUT2D eigenvalue weighted by molar-refractivity contribution is -0.151. The van der Waals surface area contributed by atoms with Crippen molar-refractivity contribution in [2.75, 3.05) is 17.8 Å². The number of nitrogens with zero attached hydrogens (tertiary/aromatic N) is 5. The molecule has 164 valence electrons. The average Bonchev–Trinajstić information content (AvgIpc) is 3.48. The molecule has 0 aliphatic heterocycles. The van der Waals surface area contributed by atoms with E-state index in [4.69, 9.17) is 14.9 Å². The monoisotopic (exact) mass is 436 g/mol. The van der Waals surface area contributed by atoms with Gasteiger partial charge in [-0.25, -0.2) is 9.48 Å². The van der Waals surface area contributed by atoms with Crippen molar-refractivity contribution in [2.24, 2.45) is 0 Å². The maximum absolute atomic E-state index is 13.1. The van der Waals surface area contributed by atoms with Crippen molar-refractivity contribution in [3.8, 4) is 0 Å². The fraction of sp³-hybridized carbons (Fsp3) is 0.200. The van der Waals surface area contributed by atoms with Crippen LogP contribution in [0, 0.1) is 0 Å². The first-order valence-corrected chi connectivity index (χ1v) is 9.64. The Balaban J connectivity index is 1.77. The highest BCUT2D eigenvalue weighted by Crippen LogP contribution is 2.31. The number of hydrazine groups is 1. The van der Waals surface area contributed by atoms with Gasteiger partial charge in [0.05, 0.1) is 24.5 Å². The summed E-state index contributed by atoms with van der Waals surface area (Å²) in [6.45, 7) is 3.54. The number of hydrogen-bond donors (Lipinski definition) is 3. The lowest BCUT2D eigenvalue weighted by Crippen LogP contribution is -2.42. The topological polar surface area (TPSA) is 163 Å². The van der Waals surface area contributed by atoms with Crippen LogP contribution in [0.3, 0.4) is 0 Å². The quantitative estimate of drug-likeness (QED) is 0.285. The molecule has 32 heavy (non-hydrogen) atoms. The normalized spacial score (nSPS) is 12.8. The van der Waals surface area contributed by atoms with Crippen LogP contribution in [0.4, 0.5) is 11.8 Å². The van der Waals surface area contributed by atoms with Gasteiger partial charge in [-0.05, 0) is 32.0 Å². The van der Waals surface area contributed by atoms with Crippen LogP contribution in [0.2, 0.25) is 0 Å². The van der Waals surface area contributed by atoms with E-state index in [1.54, 1.807) is 44.4 Å². The Morgan fingerprint density at radius 1 is 1.25 bits per heavy atom. The van der Waals surface area contributed by atoms with Gasteiger partial charge in [0.15, 0.2) is 22.8 Å². The summed E-state index contributed by atoms with van der Waals surface area (Å²) >= 11 is 0. The van der Waals surface area contributed by atoms with Crippen molar-refractivity contribution in [1.29, 1.82) is 0 Å². The zero-order valence-electron chi connectivity index (χ0n) is 17.3. The fourth-order valence-electron chi connectivity index (χ4n) is 3.18. The molecule has 1 unspecified atom stereocenters. The van der Waals surface area contributed by atoms with E-state index < -0.39 is 17.4 Å². The van der Waals surface area contributed by atoms with E-state index in [1.807, 2.05) is 0 Å². The number of amides is 1. The second kappa shape index (κ2) is 8.34. The second-order valence-electron chi connectivity index (χ2n) is 6.81. The minimum absolute atomic E-state index is 0.0913. The summed E-state index contributed by atoms with van der Waals surface area (Å²) in [6.07, 6.45) is 6.00. The Morgan fingerprint density at radius 3 is 2.78 bits per heavy atom. The molecular weight excluding hydrogens is 416 g/mol. The number of nitrogens with two attached hydrogens (primary N) is 1. The Morgan fingerprint density at radius 2 is 2.09 bits per heavy atom. The van der Waals surface area contributed by atoms with Gasteiger partial charge < -0.3 is 14.9 Å². The molecule has 4 heterocycles. The van der Waals surface area contributed by atoms with Gasteiger partial charge in [0.25, 0.3) is 0 Å². The third-order valence-corrected chi connectivity index (χ3v) is 4.81. The van der Waals surface area contributed by atoms with E-state index in [2.05, 4.69) is 30.9 Å². The molecule has 4 aromatic heterocycles. The molecule has 0 aromatic carbocycles. The number of nitrogens with one attached hydrogen (secondary N) is 2. The summed E-state index contributed by atoms with van der Waals surface area (Å²) < 4.78 is 11.8. The van der Waals surface area contributed by atoms with Crippen molar-refractivity contribution in [1.82, 2.24) is 30.2 Å². The first-order chi connectivity index (χ1) is 15.4. The van der Waals surface area contributed by atoms with Crippen LogP contribution in [0.15, 0.2) is 53.5 Å². The molecule has 4 N–H and O–H groups in total. The summed E-state index contributed by atoms with van der Waals surface area (Å²) in [5.41, 5.74) is 10.5. The van der Waals surface area contributed by atoms with E-state index in [9.17, 15) is 9.59 Å². The Labute approximate surface area is 181 Å². The Bertz CT molecular complexity index is 1260. The van der Waals surface area contributed by atoms with E-state index in [0.717, 1.165) is 0 Å². The van der Waals surface area contributed by atoms with Gasteiger partial charge in [-0.1, -0.05) is 6.07 Å². The predicted octanol–water partition coefficient (Wildman–Crippen LogP) is 1.48. The number of hydrogen-bond acceptors (Lipinski definition) is 10. The number of anilines is 2. The first-order valence-electron chi connectivity index (χ1n) is 9.64. The van der Waals surface area contributed by atoms with Crippen LogP contribution >= 0.6 is 0 Å². The minimum Gasteiger partial charge on any atom is -0.464 e. The number of carbonyl (C=O) groups is 2. The number of pyridine rings is 1. The van der Waals surface area contributed by atoms with E-state index >= 15 is 0 Å². The van der Waals surface area contributed by atoms with Crippen molar-refractivity contribution < 1.29 is 18.7 Å². The summed E-state index contributed by atoms with van der Waals surface area (Å²) in [6, 6.07) is 6.55. The van der Waals surface area contributed by atoms with Gasteiger partial charge in [0.1, 0.15) is 0 Å². The highest BCUT2D eigenvalue weighted by molar-refractivity contribution is 5.94. The van der Waals surface area contributed by atoms with E-state index in [0.29, 0.717) is 10.9 Å². The maximum atomic E-state index is 13.1. The fourth-order valence-corrected chi connectivity index (χ4v) is 3.18. The molecule has 1 atom stereocenters. The largest absolute Gasteiger partial charge is 0.464 e. The van der Waals surface area contributed by atoms with Gasteiger partial charge >= 0.3 is 11.9 Å². The first kappa shape index (κ1) is 20.8. The zero-order valence-corrected chi connectivity index (χ0v) is 17.3. The van der Waals surface area contributed by atoms with Crippen molar-refractivity contribution in [3.63, 3.8) is 0 Å². The van der Waals surface area contributed by atoms with Crippen molar-refractivity contribution in [3.05, 3.63) is 60.4 Å². The van der Waals surface area contributed by atoms with E-state index in [-0.39, 0.29) is 29.8 Å². The lowest BCUT2D eigenvalue weighted by atomic mass is 9.93. The third-order valence-electron chi connectivity index (χ3n) is 4.81. The van der Waals surface area contributed by atoms with Gasteiger partial charge in [-0.3, -0.25) is 20.6 Å². The number of fused-ring (bicyclic) bond motifs is 1. The molecule has 0 saturated heterocycles. The van der Waals surface area contributed by atoms with Crippen LogP contribution in [0.1, 0.15) is 30.0 Å². The number of rotatable bonds is 7. The molecule has 0 aliphatic rings. The van der Waals surface area contributed by atoms with Gasteiger partial charge in [0.2, 0.25) is 5.95 Å². The Hall–Kier alpha value is -4.48. The minimum atomic E-state index is -1.39. The van der Waals surface area contributed by atoms with Crippen LogP contribution in [-0.4, -0.2) is 43.2 Å². The zero-order chi connectivity index (χ0) is 22.7. The number of carbonyl (C=O) groups excluding carboxylic acids is 2. The number of ether oxygens (including phenoxy) is 1. The molecule has 0 saturated carbocycles. The molecule has 12 heteroatoms. The summed E-state index contributed by atoms with van der Waals surface area (Å²) in [7, 11) is 0.